The van der Waals surface area contributed by atoms with Gasteiger partial charge in [0.15, 0.2) is 0 Å². The molecule has 2 amide bonds. The number of carbonyl (C=O) groups excluding carboxylic acids is 2. The van der Waals surface area contributed by atoms with Crippen molar-refractivity contribution in [3.05, 3.63) is 23.9 Å². The second kappa shape index (κ2) is 11.4. The Hall–Kier alpha value is -2.15. The van der Waals surface area contributed by atoms with Gasteiger partial charge in [-0.15, -0.1) is 0 Å². The summed E-state index contributed by atoms with van der Waals surface area (Å²) >= 11 is 0. The quantitative estimate of drug-likeness (QED) is 0.339. The molecule has 24 heavy (non-hydrogen) atoms. The number of rotatable bonds is 9. The van der Waals surface area contributed by atoms with Crippen LogP contribution in [0.15, 0.2) is 28.9 Å². The number of allylic oxidation sites excluding steroid dienone is 2. The Bertz CT molecular complexity index is 479. The molecule has 1 atom stereocenters. The van der Waals surface area contributed by atoms with Crippen molar-refractivity contribution in [1.82, 2.24) is 10.6 Å². The summed E-state index contributed by atoms with van der Waals surface area (Å²) in [5, 5.41) is 15.1. The van der Waals surface area contributed by atoms with E-state index in [1.807, 2.05) is 0 Å². The highest BCUT2D eigenvalue weighted by Crippen LogP contribution is 2.06. The van der Waals surface area contributed by atoms with Crippen molar-refractivity contribution in [1.29, 1.82) is 0 Å². The third kappa shape index (κ3) is 12.4. The van der Waals surface area contributed by atoms with Crippen molar-refractivity contribution in [3.63, 3.8) is 0 Å². The van der Waals surface area contributed by atoms with Gasteiger partial charge in [0.25, 0.3) is 0 Å². The minimum absolute atomic E-state index is 0.206. The molecule has 0 aromatic rings. The van der Waals surface area contributed by atoms with Gasteiger partial charge in [-0.3, -0.25) is 9.79 Å². The van der Waals surface area contributed by atoms with E-state index in [2.05, 4.69) is 22.3 Å². The molecule has 0 saturated heterocycles. The van der Waals surface area contributed by atoms with Gasteiger partial charge in [0.2, 0.25) is 5.91 Å². The summed E-state index contributed by atoms with van der Waals surface area (Å²) in [6, 6.07) is 0. The van der Waals surface area contributed by atoms with Crippen LogP contribution < -0.4 is 10.6 Å². The molecule has 0 saturated carbocycles. The molecule has 136 valence electrons. The van der Waals surface area contributed by atoms with Crippen LogP contribution in [0.4, 0.5) is 4.79 Å². The number of carbonyl (C=O) groups is 2. The van der Waals surface area contributed by atoms with Crippen LogP contribution in [0.5, 0.6) is 0 Å². The minimum Gasteiger partial charge on any atom is -0.444 e. The second-order valence-corrected chi connectivity index (χ2v) is 6.29. The Balaban J connectivity index is 3.90. The summed E-state index contributed by atoms with van der Waals surface area (Å²) < 4.78 is 5.09. The molecule has 0 aromatic carbocycles. The molecule has 0 bridgehead atoms. The van der Waals surface area contributed by atoms with Gasteiger partial charge in [0.1, 0.15) is 5.60 Å². The molecule has 0 aliphatic carbocycles. The molecule has 1 unspecified atom stereocenters. The first-order chi connectivity index (χ1) is 11.2. The Labute approximate surface area is 143 Å². The smallest absolute Gasteiger partial charge is 0.407 e. The highest BCUT2D eigenvalue weighted by Gasteiger charge is 2.16. The number of nitrogens with zero attached hydrogens (tertiary/aromatic N) is 1. The van der Waals surface area contributed by atoms with Gasteiger partial charge in [-0.1, -0.05) is 6.08 Å². The summed E-state index contributed by atoms with van der Waals surface area (Å²) in [7, 11) is 0. The fourth-order valence-corrected chi connectivity index (χ4v) is 1.62. The van der Waals surface area contributed by atoms with Crippen LogP contribution in [-0.4, -0.2) is 48.6 Å². The van der Waals surface area contributed by atoms with Crippen molar-refractivity contribution < 1.29 is 19.4 Å². The fraction of sp³-hybridized carbons (Fsp3) is 0.588. The summed E-state index contributed by atoms with van der Waals surface area (Å²) in [4.78, 5) is 26.7. The van der Waals surface area contributed by atoms with Gasteiger partial charge in [0.05, 0.1) is 6.10 Å². The van der Waals surface area contributed by atoms with E-state index in [1.54, 1.807) is 39.8 Å². The average molecular weight is 339 g/mol. The zero-order valence-electron chi connectivity index (χ0n) is 15.0. The zero-order valence-corrected chi connectivity index (χ0v) is 15.0. The molecule has 0 spiro atoms. The van der Waals surface area contributed by atoms with Crippen LogP contribution in [0.1, 0.15) is 40.5 Å². The van der Waals surface area contributed by atoms with Gasteiger partial charge in [-0.05, 0) is 53.3 Å². The van der Waals surface area contributed by atoms with Crippen LogP contribution >= 0.6 is 0 Å². The molecule has 0 heterocycles. The van der Waals surface area contributed by atoms with Gasteiger partial charge in [-0.2, -0.15) is 0 Å². The maximum atomic E-state index is 11.7. The highest BCUT2D eigenvalue weighted by molar-refractivity contribution is 5.93. The predicted molar refractivity (Wildman–Crippen MR) is 94.9 cm³/mol. The topological polar surface area (TPSA) is 100 Å². The van der Waals surface area contributed by atoms with Crippen molar-refractivity contribution in [3.8, 4) is 0 Å². The van der Waals surface area contributed by atoms with E-state index in [1.165, 1.54) is 6.20 Å². The largest absolute Gasteiger partial charge is 0.444 e. The van der Waals surface area contributed by atoms with Crippen molar-refractivity contribution in [2.75, 3.05) is 13.1 Å². The van der Waals surface area contributed by atoms with E-state index in [4.69, 9.17) is 4.74 Å². The number of aliphatic imine (C=N–C) groups is 1. The first-order valence-electron chi connectivity index (χ1n) is 7.88. The fourth-order valence-electron chi connectivity index (χ4n) is 1.62. The molecule has 0 radical (unpaired) electrons. The minimum atomic E-state index is -0.616. The summed E-state index contributed by atoms with van der Waals surface area (Å²) in [5.74, 6) is -0.206. The van der Waals surface area contributed by atoms with Gasteiger partial charge < -0.3 is 20.5 Å². The number of alkyl carbamates (subject to hydrolysis) is 1. The normalized spacial score (nSPS) is 13.5. The molecule has 3 N–H and O–H groups in total. The predicted octanol–water partition coefficient (Wildman–Crippen LogP) is 1.93. The third-order valence-electron chi connectivity index (χ3n) is 2.80. The van der Waals surface area contributed by atoms with E-state index >= 15 is 0 Å². The number of aliphatic hydroxyl groups excluding tert-OH is 1. The molecule has 7 heteroatoms. The van der Waals surface area contributed by atoms with Gasteiger partial charge in [0, 0.05) is 24.9 Å². The Kier molecular flexibility index (Phi) is 10.4. The molecular formula is C17H29N3O4. The number of amides is 2. The maximum Gasteiger partial charge on any atom is 0.407 e. The first kappa shape index (κ1) is 21.9. The van der Waals surface area contributed by atoms with Gasteiger partial charge >= 0.3 is 6.09 Å². The van der Waals surface area contributed by atoms with Crippen molar-refractivity contribution in [2.24, 2.45) is 4.99 Å². The lowest BCUT2D eigenvalue weighted by atomic mass is 10.2. The number of nitrogens with one attached hydrogen (secondary N) is 2. The average Bonchev–Trinajstić information content (AvgIpc) is 2.45. The van der Waals surface area contributed by atoms with E-state index in [0.29, 0.717) is 31.5 Å². The first-order valence-corrected chi connectivity index (χ1v) is 7.88. The summed E-state index contributed by atoms with van der Waals surface area (Å²) in [6.45, 7) is 11.0. The SMILES string of the molecule is C=N/C=C\C=C(/C)C(=O)NCCC(O)CCNC(=O)OC(C)(C)C. The Morgan fingerprint density at radius 3 is 2.38 bits per heavy atom. The van der Waals surface area contributed by atoms with Crippen molar-refractivity contribution in [2.45, 2.75) is 52.2 Å². The Morgan fingerprint density at radius 2 is 1.83 bits per heavy atom. The molecule has 0 rings (SSSR count). The summed E-state index contributed by atoms with van der Waals surface area (Å²) in [5.41, 5.74) is -0.00840. The maximum absolute atomic E-state index is 11.7. The molecule has 0 aromatic heterocycles. The van der Waals surface area contributed by atoms with Crippen LogP contribution in [0.25, 0.3) is 0 Å². The van der Waals surface area contributed by atoms with E-state index in [9.17, 15) is 14.7 Å². The number of aliphatic hydroxyl groups is 1. The zero-order chi connectivity index (χ0) is 18.6. The van der Waals surface area contributed by atoms with E-state index < -0.39 is 17.8 Å². The number of ether oxygens (including phenoxy) is 1. The molecule has 0 aliphatic heterocycles. The highest BCUT2D eigenvalue weighted by atomic mass is 16.6. The Morgan fingerprint density at radius 1 is 1.25 bits per heavy atom. The van der Waals surface area contributed by atoms with Crippen LogP contribution in [0.3, 0.4) is 0 Å². The molecule has 0 aliphatic rings. The van der Waals surface area contributed by atoms with Gasteiger partial charge in [-0.25, -0.2) is 4.79 Å². The van der Waals surface area contributed by atoms with E-state index in [0.717, 1.165) is 0 Å². The number of hydrogen-bond acceptors (Lipinski definition) is 5. The monoisotopic (exact) mass is 339 g/mol. The molecule has 7 nitrogen and oxygen atoms in total. The second-order valence-electron chi connectivity index (χ2n) is 6.29. The lowest BCUT2D eigenvalue weighted by molar-refractivity contribution is -0.117. The standard InChI is InChI=1S/C17H29N3O4/c1-13(7-6-10-18-5)15(22)19-11-8-14(21)9-12-20-16(23)24-17(2,3)4/h6-7,10,14,21H,5,8-9,11-12H2,1-4H3,(H,19,22)(H,20,23)/b10-6-,13-7+. The van der Waals surface area contributed by atoms with Crippen LogP contribution in [0.2, 0.25) is 0 Å². The third-order valence-corrected chi connectivity index (χ3v) is 2.80. The summed E-state index contributed by atoms with van der Waals surface area (Å²) in [6.07, 6.45) is 4.40. The van der Waals surface area contributed by atoms with Crippen LogP contribution in [0, 0.1) is 0 Å². The van der Waals surface area contributed by atoms with E-state index in [-0.39, 0.29) is 5.91 Å². The molecule has 0 fully saturated rings. The number of hydrogen-bond donors (Lipinski definition) is 3. The lowest BCUT2D eigenvalue weighted by Gasteiger charge is -2.20. The lowest BCUT2D eigenvalue weighted by Crippen LogP contribution is -2.34. The molecular weight excluding hydrogens is 310 g/mol. The van der Waals surface area contributed by atoms with Crippen LogP contribution in [-0.2, 0) is 9.53 Å². The van der Waals surface area contributed by atoms with Crippen molar-refractivity contribution >= 4 is 18.7 Å².